The molecule has 2 aromatic rings. The highest BCUT2D eigenvalue weighted by atomic mass is 35.5. The van der Waals surface area contributed by atoms with Gasteiger partial charge in [-0.1, -0.05) is 23.7 Å². The Morgan fingerprint density at radius 3 is 2.45 bits per heavy atom. The van der Waals surface area contributed by atoms with Gasteiger partial charge in [0.2, 0.25) is 5.91 Å². The van der Waals surface area contributed by atoms with Gasteiger partial charge in [0, 0.05) is 23.6 Å². The van der Waals surface area contributed by atoms with Crippen molar-refractivity contribution in [2.24, 2.45) is 0 Å². The molecule has 3 amide bonds. The first kappa shape index (κ1) is 22.2. The topological polar surface area (TPSA) is 96.5 Å². The van der Waals surface area contributed by atoms with Crippen molar-refractivity contribution in [3.8, 4) is 5.75 Å². The van der Waals surface area contributed by atoms with E-state index >= 15 is 0 Å². The summed E-state index contributed by atoms with van der Waals surface area (Å²) in [7, 11) is 0. The van der Waals surface area contributed by atoms with Crippen molar-refractivity contribution in [2.45, 2.75) is 25.9 Å². The highest BCUT2D eigenvalue weighted by Gasteiger charge is 2.17. The van der Waals surface area contributed by atoms with Crippen LogP contribution in [0.1, 0.15) is 30.1 Å². The third-order valence-electron chi connectivity index (χ3n) is 3.81. The second-order valence-electron chi connectivity index (χ2n) is 6.09. The molecule has 0 aliphatic carbocycles. The summed E-state index contributed by atoms with van der Waals surface area (Å²) in [6.45, 7) is 1.72. The largest absolute Gasteiger partial charge is 0.478 e. The van der Waals surface area contributed by atoms with Crippen LogP contribution in [0.2, 0.25) is 5.02 Å². The molecule has 0 spiro atoms. The van der Waals surface area contributed by atoms with Crippen molar-refractivity contribution in [3.63, 3.8) is 0 Å². The van der Waals surface area contributed by atoms with Gasteiger partial charge in [-0.15, -0.1) is 0 Å². The Balaban J connectivity index is 1.63. The molecule has 0 saturated carbocycles. The molecule has 0 aliphatic heterocycles. The number of para-hydroxylation sites is 1. The van der Waals surface area contributed by atoms with Crippen LogP contribution in [0, 0.1) is 5.82 Å². The highest BCUT2D eigenvalue weighted by molar-refractivity contribution is 6.30. The van der Waals surface area contributed by atoms with Crippen molar-refractivity contribution in [2.75, 3.05) is 6.54 Å². The van der Waals surface area contributed by atoms with Crippen molar-refractivity contribution in [1.82, 2.24) is 16.2 Å². The van der Waals surface area contributed by atoms with Gasteiger partial charge in [-0.2, -0.15) is 0 Å². The van der Waals surface area contributed by atoms with E-state index < -0.39 is 23.7 Å². The minimum atomic E-state index is -1.01. The Bertz CT molecular complexity index is 861. The fourth-order valence-electron chi connectivity index (χ4n) is 2.23. The number of carbonyl (C=O) groups is 3. The molecular weight excluding hydrogens is 401 g/mol. The lowest BCUT2D eigenvalue weighted by Crippen LogP contribution is -2.47. The maximum Gasteiger partial charge on any atom is 0.279 e. The summed E-state index contributed by atoms with van der Waals surface area (Å²) in [4.78, 5) is 35.6. The Labute approximate surface area is 172 Å². The zero-order valence-electron chi connectivity index (χ0n) is 15.7. The number of hydrogen-bond acceptors (Lipinski definition) is 4. The molecule has 0 unspecified atom stereocenters. The smallest absolute Gasteiger partial charge is 0.279 e. The predicted octanol–water partition coefficient (Wildman–Crippen LogP) is 2.60. The molecule has 0 bridgehead atoms. The van der Waals surface area contributed by atoms with Gasteiger partial charge >= 0.3 is 0 Å². The monoisotopic (exact) mass is 421 g/mol. The van der Waals surface area contributed by atoms with E-state index in [1.54, 1.807) is 30.3 Å². The number of amides is 3. The Hall–Kier alpha value is -3.13. The van der Waals surface area contributed by atoms with Gasteiger partial charge in [0.25, 0.3) is 11.8 Å². The van der Waals surface area contributed by atoms with Gasteiger partial charge in [0.15, 0.2) is 17.7 Å². The quantitative estimate of drug-likeness (QED) is 0.451. The Morgan fingerprint density at radius 1 is 1.07 bits per heavy atom. The van der Waals surface area contributed by atoms with Crippen LogP contribution < -0.4 is 20.9 Å². The predicted molar refractivity (Wildman–Crippen MR) is 106 cm³/mol. The van der Waals surface area contributed by atoms with E-state index in [9.17, 15) is 18.8 Å². The van der Waals surface area contributed by atoms with E-state index in [-0.39, 0.29) is 24.6 Å². The molecule has 0 saturated heterocycles. The van der Waals surface area contributed by atoms with Gasteiger partial charge in [-0.25, -0.2) is 4.39 Å². The number of rotatable bonds is 8. The third-order valence-corrected chi connectivity index (χ3v) is 4.06. The normalized spacial score (nSPS) is 11.3. The molecule has 0 heterocycles. The molecule has 3 N–H and O–H groups in total. The van der Waals surface area contributed by atoms with Gasteiger partial charge in [0.1, 0.15) is 0 Å². The lowest BCUT2D eigenvalue weighted by Gasteiger charge is -2.15. The summed E-state index contributed by atoms with van der Waals surface area (Å²) in [6, 6.07) is 12.1. The fraction of sp³-hybridized carbons (Fsp3) is 0.250. The summed E-state index contributed by atoms with van der Waals surface area (Å²) in [6.07, 6.45) is -0.544. The molecule has 2 aromatic carbocycles. The number of carbonyl (C=O) groups excluding carboxylic acids is 3. The lowest BCUT2D eigenvalue weighted by molar-refractivity contribution is -0.132. The Morgan fingerprint density at radius 2 is 1.76 bits per heavy atom. The third kappa shape index (κ3) is 7.42. The molecule has 0 aromatic heterocycles. The maximum absolute atomic E-state index is 13.5. The summed E-state index contributed by atoms with van der Waals surface area (Å²) < 4.78 is 18.7. The summed E-state index contributed by atoms with van der Waals surface area (Å²) in [5.41, 5.74) is 4.93. The average Bonchev–Trinajstić information content (AvgIpc) is 2.71. The van der Waals surface area contributed by atoms with E-state index in [0.29, 0.717) is 17.0 Å². The minimum absolute atomic E-state index is 0.0575. The highest BCUT2D eigenvalue weighted by Crippen LogP contribution is 2.16. The van der Waals surface area contributed by atoms with Crippen LogP contribution in [0.4, 0.5) is 4.39 Å². The van der Waals surface area contributed by atoms with E-state index in [1.165, 1.54) is 25.1 Å². The zero-order chi connectivity index (χ0) is 21.2. The first-order chi connectivity index (χ1) is 13.9. The van der Waals surface area contributed by atoms with Gasteiger partial charge < -0.3 is 10.1 Å². The van der Waals surface area contributed by atoms with Crippen molar-refractivity contribution in [3.05, 3.63) is 64.9 Å². The van der Waals surface area contributed by atoms with Gasteiger partial charge in [0.05, 0.1) is 0 Å². The van der Waals surface area contributed by atoms with Crippen molar-refractivity contribution in [1.29, 1.82) is 0 Å². The summed E-state index contributed by atoms with van der Waals surface area (Å²) >= 11 is 5.77. The maximum atomic E-state index is 13.5. The summed E-state index contributed by atoms with van der Waals surface area (Å²) in [5, 5.41) is 3.22. The van der Waals surface area contributed by atoms with Crippen LogP contribution in [0.15, 0.2) is 48.5 Å². The number of hydrazine groups is 1. The van der Waals surface area contributed by atoms with E-state index in [2.05, 4.69) is 16.2 Å². The first-order valence-corrected chi connectivity index (χ1v) is 9.28. The van der Waals surface area contributed by atoms with Crippen LogP contribution in [-0.4, -0.2) is 30.4 Å². The van der Waals surface area contributed by atoms with Crippen LogP contribution in [0.3, 0.4) is 0 Å². The SMILES string of the molecule is C[C@@H](Oc1ccccc1F)C(=O)NNC(=O)CCCNC(=O)c1ccc(Cl)cc1. The molecule has 7 nitrogen and oxygen atoms in total. The standard InChI is InChI=1S/C20H21ClFN3O4/c1-13(29-17-6-3-2-5-16(17)22)19(27)25-24-18(26)7-4-12-23-20(28)14-8-10-15(21)11-9-14/h2-3,5-6,8-11,13H,4,7,12H2,1H3,(H,23,28)(H,24,26)(H,25,27)/t13-/m1/s1. The van der Waals surface area contributed by atoms with Crippen molar-refractivity contribution < 1.29 is 23.5 Å². The number of benzene rings is 2. The molecule has 2 rings (SSSR count). The second-order valence-corrected chi connectivity index (χ2v) is 6.53. The van der Waals surface area contributed by atoms with Crippen molar-refractivity contribution >= 4 is 29.3 Å². The van der Waals surface area contributed by atoms with E-state index in [4.69, 9.17) is 16.3 Å². The molecule has 29 heavy (non-hydrogen) atoms. The van der Waals surface area contributed by atoms with Gasteiger partial charge in [-0.05, 0) is 49.7 Å². The molecular formula is C20H21ClFN3O4. The van der Waals surface area contributed by atoms with Gasteiger partial charge in [-0.3, -0.25) is 25.2 Å². The number of hydrogen-bond donors (Lipinski definition) is 3. The molecule has 9 heteroatoms. The lowest BCUT2D eigenvalue weighted by atomic mass is 10.2. The van der Waals surface area contributed by atoms with Crippen LogP contribution in [0.25, 0.3) is 0 Å². The average molecular weight is 422 g/mol. The van der Waals surface area contributed by atoms with Crippen LogP contribution in [0.5, 0.6) is 5.75 Å². The number of halogens is 2. The molecule has 1 atom stereocenters. The van der Waals surface area contributed by atoms with E-state index in [1.807, 2.05) is 0 Å². The second kappa shape index (κ2) is 11.0. The first-order valence-electron chi connectivity index (χ1n) is 8.90. The molecule has 0 radical (unpaired) electrons. The van der Waals surface area contributed by atoms with Crippen LogP contribution in [-0.2, 0) is 9.59 Å². The Kier molecular flexibility index (Phi) is 8.42. The fourth-order valence-corrected chi connectivity index (χ4v) is 2.36. The molecule has 0 aliphatic rings. The molecule has 0 fully saturated rings. The molecule has 154 valence electrons. The summed E-state index contributed by atoms with van der Waals surface area (Å²) in [5.74, 6) is -1.97. The van der Waals surface area contributed by atoms with E-state index in [0.717, 1.165) is 0 Å². The number of ether oxygens (including phenoxy) is 1. The van der Waals surface area contributed by atoms with Crippen LogP contribution >= 0.6 is 11.6 Å². The number of nitrogens with one attached hydrogen (secondary N) is 3. The zero-order valence-corrected chi connectivity index (χ0v) is 16.5. The minimum Gasteiger partial charge on any atom is -0.478 e.